The second kappa shape index (κ2) is 10.5. The Labute approximate surface area is 219 Å². The summed E-state index contributed by atoms with van der Waals surface area (Å²) in [7, 11) is -4.53. The maximum Gasteiger partial charge on any atom is 0.325 e. The van der Waals surface area contributed by atoms with Gasteiger partial charge in [-0.15, -0.1) is 0 Å². The third kappa shape index (κ3) is 5.10. The van der Waals surface area contributed by atoms with Crippen LogP contribution in [0.3, 0.4) is 0 Å². The molecule has 2 heterocycles. The van der Waals surface area contributed by atoms with Crippen molar-refractivity contribution in [2.45, 2.75) is 44.2 Å². The van der Waals surface area contributed by atoms with Crippen molar-refractivity contribution in [1.82, 2.24) is 8.87 Å². The lowest BCUT2D eigenvalue weighted by atomic mass is 10.1. The summed E-state index contributed by atoms with van der Waals surface area (Å²) in [6.45, 7) is 4.51. The van der Waals surface area contributed by atoms with Crippen molar-refractivity contribution in [2.75, 3.05) is 13.2 Å². The van der Waals surface area contributed by atoms with Gasteiger partial charge in [-0.2, -0.15) is 4.31 Å². The highest BCUT2D eigenvalue weighted by molar-refractivity contribution is 7.89. The van der Waals surface area contributed by atoms with E-state index in [9.17, 15) is 33.2 Å². The van der Waals surface area contributed by atoms with E-state index in [0.717, 1.165) is 29.1 Å². The van der Waals surface area contributed by atoms with Crippen LogP contribution in [0.5, 0.6) is 0 Å². The van der Waals surface area contributed by atoms with Gasteiger partial charge in [-0.25, -0.2) is 8.42 Å². The van der Waals surface area contributed by atoms with Gasteiger partial charge in [0.05, 0.1) is 11.0 Å². The van der Waals surface area contributed by atoms with E-state index in [1.54, 1.807) is 13.0 Å². The quantitative estimate of drug-likeness (QED) is 0.198. The number of para-hydroxylation sites is 1. The molecular weight excluding hydrogens is 514 g/mol. The average Bonchev–Trinajstić information content (AvgIpc) is 3.42. The molecule has 1 aliphatic heterocycles. The second-order valence-corrected chi connectivity index (χ2v) is 11.1. The number of ketones is 1. The van der Waals surface area contributed by atoms with Crippen molar-refractivity contribution in [2.24, 2.45) is 0 Å². The average molecular weight is 542 g/mol. The monoisotopic (exact) mass is 541 g/mol. The number of hydrogen-bond donors (Lipinski definition) is 1. The fraction of sp³-hybridized carbons (Fsp3) is 0.308. The van der Waals surface area contributed by atoms with E-state index < -0.39 is 62.6 Å². The van der Waals surface area contributed by atoms with Crippen molar-refractivity contribution in [1.29, 1.82) is 0 Å². The fourth-order valence-corrected chi connectivity index (χ4v) is 6.45. The van der Waals surface area contributed by atoms with Crippen LogP contribution in [-0.4, -0.2) is 64.4 Å². The van der Waals surface area contributed by atoms with Crippen LogP contribution in [0.4, 0.5) is 5.69 Å². The Balaban J connectivity index is 1.52. The highest BCUT2D eigenvalue weighted by Crippen LogP contribution is 2.32. The molecule has 1 aromatic heterocycles. The molecule has 3 aromatic rings. The highest BCUT2D eigenvalue weighted by atomic mass is 32.2. The number of benzene rings is 2. The zero-order valence-electron chi connectivity index (χ0n) is 21.0. The number of Topliss-reactive ketones (excluding diaryl/α,β-unsaturated/α-hetero) is 1. The molecule has 1 aliphatic rings. The number of rotatable bonds is 8. The van der Waals surface area contributed by atoms with Gasteiger partial charge in [0.1, 0.15) is 6.04 Å². The van der Waals surface area contributed by atoms with Crippen LogP contribution < -0.4 is 0 Å². The lowest BCUT2D eigenvalue weighted by molar-refractivity contribution is -0.387. The van der Waals surface area contributed by atoms with Crippen molar-refractivity contribution in [3.05, 3.63) is 87.2 Å². The molecule has 0 saturated carbocycles. The van der Waals surface area contributed by atoms with Crippen LogP contribution in [0.15, 0.2) is 59.5 Å². The lowest BCUT2D eigenvalue weighted by Gasteiger charge is -2.22. The lowest BCUT2D eigenvalue weighted by Crippen LogP contribution is -2.42. The van der Waals surface area contributed by atoms with Crippen LogP contribution in [-0.2, 0) is 19.6 Å². The summed E-state index contributed by atoms with van der Waals surface area (Å²) in [6, 6.07) is 12.8. The Bertz CT molecular complexity index is 1510. The molecular formula is C26H27N3O8S. The predicted molar refractivity (Wildman–Crippen MR) is 137 cm³/mol. The molecule has 1 fully saturated rings. The van der Waals surface area contributed by atoms with E-state index in [4.69, 9.17) is 4.74 Å². The molecule has 1 saturated heterocycles. The third-order valence-electron chi connectivity index (χ3n) is 6.52. The first-order valence-corrected chi connectivity index (χ1v) is 13.2. The maximum absolute atomic E-state index is 13.3. The van der Waals surface area contributed by atoms with Crippen molar-refractivity contribution < 1.29 is 32.8 Å². The van der Waals surface area contributed by atoms with Crippen LogP contribution >= 0.6 is 0 Å². The zero-order valence-corrected chi connectivity index (χ0v) is 21.8. The van der Waals surface area contributed by atoms with Gasteiger partial charge in [-0.1, -0.05) is 29.8 Å². The van der Waals surface area contributed by atoms with Crippen LogP contribution in [0.2, 0.25) is 0 Å². The Morgan fingerprint density at radius 1 is 1.11 bits per heavy atom. The largest absolute Gasteiger partial charge is 0.456 e. The maximum atomic E-state index is 13.3. The molecule has 0 spiro atoms. The van der Waals surface area contributed by atoms with Crippen molar-refractivity contribution >= 4 is 27.5 Å². The third-order valence-corrected chi connectivity index (χ3v) is 8.45. The Hall–Kier alpha value is -3.87. The standard InChI is InChI=1S/C26H27N3O8S/c1-16-8-10-19(11-9-16)28-17(2)12-21(18(28)3)24(31)15-37-26(32)23-13-20(30)14-27(23)38(35,36)25-7-5-4-6-22(25)29(33)34/h4-12,20,23,30H,13-15H2,1-3H3. The number of esters is 1. The fourth-order valence-electron chi connectivity index (χ4n) is 4.66. The number of sulfonamides is 1. The predicted octanol–water partition coefficient (Wildman–Crippen LogP) is 2.86. The molecule has 12 heteroatoms. The molecule has 4 rings (SSSR count). The van der Waals surface area contributed by atoms with E-state index in [0.29, 0.717) is 15.6 Å². The van der Waals surface area contributed by atoms with Gasteiger partial charge in [-0.05, 0) is 45.0 Å². The second-order valence-electron chi connectivity index (χ2n) is 9.19. The number of aliphatic hydroxyl groups excluding tert-OH is 1. The van der Waals surface area contributed by atoms with Gasteiger partial charge >= 0.3 is 5.97 Å². The minimum absolute atomic E-state index is 0.269. The van der Waals surface area contributed by atoms with Gasteiger partial charge in [0.15, 0.2) is 11.5 Å². The minimum Gasteiger partial charge on any atom is -0.456 e. The number of carbonyl (C=O) groups excluding carboxylic acids is 2. The summed E-state index contributed by atoms with van der Waals surface area (Å²) < 4.78 is 34.3. The molecule has 11 nitrogen and oxygen atoms in total. The first-order valence-electron chi connectivity index (χ1n) is 11.8. The topological polar surface area (TPSA) is 149 Å². The summed E-state index contributed by atoms with van der Waals surface area (Å²) in [6.07, 6.45) is -1.45. The number of carbonyl (C=O) groups is 2. The molecule has 0 aliphatic carbocycles. The van der Waals surface area contributed by atoms with Crippen LogP contribution in [0.1, 0.15) is 33.7 Å². The molecule has 0 amide bonds. The summed E-state index contributed by atoms with van der Waals surface area (Å²) in [5, 5.41) is 21.5. The Morgan fingerprint density at radius 3 is 2.42 bits per heavy atom. The smallest absolute Gasteiger partial charge is 0.325 e. The van der Waals surface area contributed by atoms with Gasteiger partial charge in [0, 0.05) is 41.7 Å². The number of ether oxygens (including phenoxy) is 1. The Kier molecular flexibility index (Phi) is 7.49. The summed E-state index contributed by atoms with van der Waals surface area (Å²) in [5.74, 6) is -1.50. The summed E-state index contributed by atoms with van der Waals surface area (Å²) in [4.78, 5) is 35.8. The van der Waals surface area contributed by atoms with E-state index >= 15 is 0 Å². The SMILES string of the molecule is Cc1ccc(-n2c(C)cc(C(=O)COC(=O)C3CC(O)CN3S(=O)(=O)c3ccccc3[N+](=O)[O-])c2C)cc1. The number of aliphatic hydroxyl groups is 1. The first kappa shape index (κ1) is 27.2. The van der Waals surface area contributed by atoms with Crippen LogP contribution in [0, 0.1) is 30.9 Å². The highest BCUT2D eigenvalue weighted by Gasteiger charge is 2.46. The van der Waals surface area contributed by atoms with Gasteiger partial charge in [-0.3, -0.25) is 19.7 Å². The van der Waals surface area contributed by atoms with E-state index in [1.165, 1.54) is 12.1 Å². The normalized spacial score (nSPS) is 17.9. The van der Waals surface area contributed by atoms with Crippen molar-refractivity contribution in [3.8, 4) is 5.69 Å². The molecule has 2 aromatic carbocycles. The number of nitro groups is 1. The number of aryl methyl sites for hydroxylation is 2. The summed E-state index contributed by atoms with van der Waals surface area (Å²) >= 11 is 0. The van der Waals surface area contributed by atoms with E-state index in [1.807, 2.05) is 42.7 Å². The number of aromatic nitrogens is 1. The summed E-state index contributed by atoms with van der Waals surface area (Å²) in [5.41, 5.74) is 3.13. The molecule has 2 unspecified atom stereocenters. The van der Waals surface area contributed by atoms with Gasteiger partial charge in [0.25, 0.3) is 15.7 Å². The van der Waals surface area contributed by atoms with E-state index in [-0.39, 0.29) is 6.42 Å². The van der Waals surface area contributed by atoms with Gasteiger partial charge < -0.3 is 14.4 Å². The number of nitrogens with zero attached hydrogens (tertiary/aromatic N) is 3. The van der Waals surface area contributed by atoms with Gasteiger partial charge in [0.2, 0.25) is 5.78 Å². The molecule has 200 valence electrons. The molecule has 0 bridgehead atoms. The minimum atomic E-state index is -4.53. The number of hydrogen-bond acceptors (Lipinski definition) is 8. The first-order chi connectivity index (χ1) is 17.9. The van der Waals surface area contributed by atoms with E-state index in [2.05, 4.69) is 0 Å². The number of β-amino-alcohol motifs (C(OH)–C–C–N with tert-alkyl or cyclic N) is 1. The molecule has 0 radical (unpaired) electrons. The van der Waals surface area contributed by atoms with Crippen molar-refractivity contribution in [3.63, 3.8) is 0 Å². The molecule has 38 heavy (non-hydrogen) atoms. The molecule has 2 atom stereocenters. The Morgan fingerprint density at radius 2 is 1.76 bits per heavy atom. The van der Waals surface area contributed by atoms with Crippen LogP contribution in [0.25, 0.3) is 5.69 Å². The molecule has 1 N–H and O–H groups in total. The zero-order chi connectivity index (χ0) is 27.8. The number of nitro benzene ring substituents is 1.